The van der Waals surface area contributed by atoms with Crippen LogP contribution >= 0.6 is 0 Å². The van der Waals surface area contributed by atoms with Gasteiger partial charge >= 0.3 is 5.97 Å². The summed E-state index contributed by atoms with van der Waals surface area (Å²) in [7, 11) is 0. The first-order valence-corrected chi connectivity index (χ1v) is 2.60. The number of hydrogen-bond acceptors (Lipinski definition) is 1. The first-order valence-electron chi connectivity index (χ1n) is 2.60. The van der Waals surface area contributed by atoms with E-state index in [4.69, 9.17) is 5.11 Å². The summed E-state index contributed by atoms with van der Waals surface area (Å²) in [6.45, 7) is 0. The minimum atomic E-state index is -1.27. The number of benzene rings is 1. The first-order chi connectivity index (χ1) is 4.72. The lowest BCUT2D eigenvalue weighted by molar-refractivity contribution is 0.0692. The van der Waals surface area contributed by atoms with Crippen LogP contribution in [0.15, 0.2) is 18.2 Å². The maximum atomic E-state index is 12.4. The number of rotatable bonds is 1. The Morgan fingerprint density at radius 2 is 2.40 bits per heavy atom. The fraction of sp³-hybridized carbons (Fsp3) is 0. The highest BCUT2D eigenvalue weighted by atomic mass is 19.1. The summed E-state index contributed by atoms with van der Waals surface area (Å²) in [5.74, 6) is -2.00. The molecule has 1 N–H and O–H groups in total. The van der Waals surface area contributed by atoms with Crippen molar-refractivity contribution in [3.05, 3.63) is 35.6 Å². The average Bonchev–Trinajstić information content (AvgIpc) is 1.88. The van der Waals surface area contributed by atoms with Crippen molar-refractivity contribution in [1.82, 2.24) is 0 Å². The van der Waals surface area contributed by atoms with Gasteiger partial charge in [0.05, 0.1) is 5.56 Å². The number of aromatic carboxylic acids is 1. The standard InChI is InChI=1S/C7H4FO2/c8-6-4-2-1-3-5(6)7(9)10/h2-4H,(H,9,10). The molecule has 0 saturated carbocycles. The summed E-state index contributed by atoms with van der Waals surface area (Å²) < 4.78 is 12.4. The normalized spacial score (nSPS) is 9.30. The monoisotopic (exact) mass is 139 g/mol. The van der Waals surface area contributed by atoms with Gasteiger partial charge in [-0.15, -0.1) is 0 Å². The zero-order valence-corrected chi connectivity index (χ0v) is 4.97. The summed E-state index contributed by atoms with van der Waals surface area (Å²) in [6.07, 6.45) is 0. The van der Waals surface area contributed by atoms with Gasteiger partial charge in [-0.05, 0) is 18.2 Å². The summed E-state index contributed by atoms with van der Waals surface area (Å²) in [5.41, 5.74) is -0.345. The smallest absolute Gasteiger partial charge is 0.338 e. The van der Waals surface area contributed by atoms with Crippen LogP contribution in [0.3, 0.4) is 0 Å². The van der Waals surface area contributed by atoms with E-state index in [0.717, 1.165) is 12.1 Å². The molecule has 0 aliphatic rings. The lowest BCUT2D eigenvalue weighted by Gasteiger charge is -1.92. The third kappa shape index (κ3) is 1.13. The molecule has 1 aromatic carbocycles. The Balaban J connectivity index is 3.15. The average molecular weight is 139 g/mol. The predicted octanol–water partition coefficient (Wildman–Crippen LogP) is 1.32. The Morgan fingerprint density at radius 1 is 1.70 bits per heavy atom. The molecule has 0 atom stereocenters. The van der Waals surface area contributed by atoms with Crippen LogP contribution in [0.25, 0.3) is 0 Å². The van der Waals surface area contributed by atoms with Crippen LogP contribution in [0.4, 0.5) is 4.39 Å². The maximum Gasteiger partial charge on any atom is 0.338 e. The molecule has 0 aliphatic heterocycles. The number of halogens is 1. The van der Waals surface area contributed by atoms with Gasteiger partial charge in [0.2, 0.25) is 0 Å². The number of carbonyl (C=O) groups is 1. The van der Waals surface area contributed by atoms with Gasteiger partial charge in [0.25, 0.3) is 0 Å². The predicted molar refractivity (Wildman–Crippen MR) is 32.2 cm³/mol. The minimum absolute atomic E-state index is 0.345. The van der Waals surface area contributed by atoms with E-state index in [1.807, 2.05) is 0 Å². The highest BCUT2D eigenvalue weighted by Gasteiger charge is 2.06. The molecular weight excluding hydrogens is 135 g/mol. The number of carboxylic acid groups (broad SMARTS) is 1. The Kier molecular flexibility index (Phi) is 1.67. The molecule has 1 rings (SSSR count). The molecule has 10 heavy (non-hydrogen) atoms. The van der Waals surface area contributed by atoms with E-state index in [9.17, 15) is 9.18 Å². The van der Waals surface area contributed by atoms with Crippen molar-refractivity contribution in [3.8, 4) is 0 Å². The molecule has 0 heterocycles. The summed E-state index contributed by atoms with van der Waals surface area (Å²) in [5, 5.41) is 8.31. The molecule has 0 aromatic heterocycles. The maximum absolute atomic E-state index is 12.4. The van der Waals surface area contributed by atoms with Crippen molar-refractivity contribution in [1.29, 1.82) is 0 Å². The topological polar surface area (TPSA) is 37.3 Å². The van der Waals surface area contributed by atoms with Gasteiger partial charge in [0.1, 0.15) is 5.82 Å². The minimum Gasteiger partial charge on any atom is -0.478 e. The molecule has 51 valence electrons. The van der Waals surface area contributed by atoms with Gasteiger partial charge < -0.3 is 5.11 Å². The van der Waals surface area contributed by atoms with Gasteiger partial charge in [-0.2, -0.15) is 0 Å². The molecule has 0 saturated heterocycles. The molecule has 0 spiro atoms. The van der Waals surface area contributed by atoms with Crippen molar-refractivity contribution in [2.24, 2.45) is 0 Å². The van der Waals surface area contributed by atoms with E-state index >= 15 is 0 Å². The molecule has 1 aromatic rings. The quantitative estimate of drug-likeness (QED) is 0.637. The second kappa shape index (κ2) is 2.47. The van der Waals surface area contributed by atoms with E-state index in [2.05, 4.69) is 6.07 Å². The van der Waals surface area contributed by atoms with E-state index in [1.165, 1.54) is 6.07 Å². The van der Waals surface area contributed by atoms with Gasteiger partial charge in [-0.3, -0.25) is 0 Å². The molecule has 3 heteroatoms. The largest absolute Gasteiger partial charge is 0.478 e. The van der Waals surface area contributed by atoms with Gasteiger partial charge in [0.15, 0.2) is 0 Å². The van der Waals surface area contributed by atoms with E-state index in [0.29, 0.717) is 0 Å². The zero-order valence-electron chi connectivity index (χ0n) is 4.97. The van der Waals surface area contributed by atoms with Gasteiger partial charge in [-0.1, -0.05) is 6.07 Å². The third-order valence-corrected chi connectivity index (χ3v) is 1.04. The van der Waals surface area contributed by atoms with E-state index < -0.39 is 11.8 Å². The van der Waals surface area contributed by atoms with E-state index in [1.54, 1.807) is 0 Å². The van der Waals surface area contributed by atoms with Crippen molar-refractivity contribution in [2.45, 2.75) is 0 Å². The van der Waals surface area contributed by atoms with Crippen molar-refractivity contribution in [3.63, 3.8) is 0 Å². The fourth-order valence-corrected chi connectivity index (χ4v) is 0.575. The molecule has 0 bridgehead atoms. The molecule has 0 fully saturated rings. The molecular formula is C7H4FO2. The van der Waals surface area contributed by atoms with Crippen LogP contribution in [0.2, 0.25) is 0 Å². The molecule has 2 nitrogen and oxygen atoms in total. The van der Waals surface area contributed by atoms with Crippen LogP contribution in [0, 0.1) is 11.9 Å². The Morgan fingerprint density at radius 3 is 2.80 bits per heavy atom. The SMILES string of the molecule is O=C(O)c1c[c]ccc1F. The van der Waals surface area contributed by atoms with Crippen molar-refractivity contribution >= 4 is 5.97 Å². The Hall–Kier alpha value is -1.38. The van der Waals surface area contributed by atoms with Crippen LogP contribution in [-0.4, -0.2) is 11.1 Å². The highest BCUT2D eigenvalue weighted by molar-refractivity contribution is 5.87. The fourth-order valence-electron chi connectivity index (χ4n) is 0.575. The van der Waals surface area contributed by atoms with E-state index in [-0.39, 0.29) is 5.56 Å². The van der Waals surface area contributed by atoms with Crippen molar-refractivity contribution in [2.75, 3.05) is 0 Å². The number of carboxylic acids is 1. The van der Waals surface area contributed by atoms with Gasteiger partial charge in [0, 0.05) is 0 Å². The summed E-state index contributed by atoms with van der Waals surface area (Å²) in [4.78, 5) is 10.2. The Labute approximate surface area is 56.9 Å². The van der Waals surface area contributed by atoms with Crippen LogP contribution < -0.4 is 0 Å². The van der Waals surface area contributed by atoms with Crippen LogP contribution in [0.1, 0.15) is 10.4 Å². The molecule has 0 aliphatic carbocycles. The third-order valence-electron chi connectivity index (χ3n) is 1.04. The highest BCUT2D eigenvalue weighted by Crippen LogP contribution is 2.04. The molecule has 0 unspecified atom stereocenters. The van der Waals surface area contributed by atoms with Crippen LogP contribution in [0.5, 0.6) is 0 Å². The second-order valence-corrected chi connectivity index (χ2v) is 1.71. The molecule has 1 radical (unpaired) electrons. The van der Waals surface area contributed by atoms with Crippen molar-refractivity contribution < 1.29 is 14.3 Å². The number of hydrogen-bond donors (Lipinski definition) is 1. The van der Waals surface area contributed by atoms with Crippen LogP contribution in [-0.2, 0) is 0 Å². The Bertz CT molecular complexity index is 258. The van der Waals surface area contributed by atoms with Gasteiger partial charge in [-0.25, -0.2) is 9.18 Å². The summed E-state index contributed by atoms with van der Waals surface area (Å²) in [6, 6.07) is 5.94. The summed E-state index contributed by atoms with van der Waals surface area (Å²) >= 11 is 0. The zero-order chi connectivity index (χ0) is 7.56. The first kappa shape index (κ1) is 6.74. The molecule has 0 amide bonds. The lowest BCUT2D eigenvalue weighted by atomic mass is 10.2. The lowest BCUT2D eigenvalue weighted by Crippen LogP contribution is -1.98. The second-order valence-electron chi connectivity index (χ2n) is 1.71.